The summed E-state index contributed by atoms with van der Waals surface area (Å²) in [4.78, 5) is 4.34. The Bertz CT molecular complexity index is 940. The Hall–Kier alpha value is -2.74. The standard InChI is InChI=1S/C19H17ClF3N3O2/c1-12(2)27-15-8-6-14(7-9-15)26-18(24-17(11-20)25-26)13-4-3-5-16(10-13)28-19(21,22)23/h3-10,12H,11H2,1-2H3. The van der Waals surface area contributed by atoms with E-state index in [1.165, 1.54) is 22.9 Å². The number of halogens is 4. The van der Waals surface area contributed by atoms with E-state index in [1.807, 2.05) is 13.8 Å². The molecule has 1 aromatic heterocycles. The van der Waals surface area contributed by atoms with E-state index < -0.39 is 6.36 Å². The molecule has 0 fully saturated rings. The molecule has 0 aliphatic carbocycles. The molecule has 0 radical (unpaired) electrons. The highest BCUT2D eigenvalue weighted by Gasteiger charge is 2.31. The van der Waals surface area contributed by atoms with Crippen LogP contribution in [0, 0.1) is 0 Å². The van der Waals surface area contributed by atoms with Gasteiger partial charge in [-0.05, 0) is 50.2 Å². The number of benzene rings is 2. The quantitative estimate of drug-likeness (QED) is 0.512. The molecule has 0 atom stereocenters. The predicted molar refractivity (Wildman–Crippen MR) is 98.8 cm³/mol. The smallest absolute Gasteiger partial charge is 0.491 e. The molecule has 0 saturated heterocycles. The van der Waals surface area contributed by atoms with Crippen LogP contribution in [0.1, 0.15) is 19.7 Å². The maximum atomic E-state index is 12.5. The van der Waals surface area contributed by atoms with Crippen molar-refractivity contribution in [2.75, 3.05) is 0 Å². The van der Waals surface area contributed by atoms with Crippen molar-refractivity contribution in [3.05, 3.63) is 54.4 Å². The van der Waals surface area contributed by atoms with E-state index in [9.17, 15) is 13.2 Å². The van der Waals surface area contributed by atoms with Gasteiger partial charge in [-0.2, -0.15) is 0 Å². The van der Waals surface area contributed by atoms with Gasteiger partial charge in [-0.1, -0.05) is 12.1 Å². The minimum Gasteiger partial charge on any atom is -0.491 e. The Labute approximate surface area is 164 Å². The molecule has 0 saturated carbocycles. The van der Waals surface area contributed by atoms with Crippen LogP contribution in [-0.4, -0.2) is 27.2 Å². The molecule has 148 valence electrons. The number of hydrogen-bond acceptors (Lipinski definition) is 4. The van der Waals surface area contributed by atoms with Crippen LogP contribution >= 0.6 is 11.6 Å². The first-order chi connectivity index (χ1) is 13.2. The van der Waals surface area contributed by atoms with Crippen molar-refractivity contribution in [2.24, 2.45) is 0 Å². The van der Waals surface area contributed by atoms with Crippen LogP contribution in [0.4, 0.5) is 13.2 Å². The van der Waals surface area contributed by atoms with Gasteiger partial charge in [-0.15, -0.1) is 29.9 Å². The van der Waals surface area contributed by atoms with Gasteiger partial charge in [-0.25, -0.2) is 9.67 Å². The van der Waals surface area contributed by atoms with Crippen molar-refractivity contribution in [1.82, 2.24) is 14.8 Å². The monoisotopic (exact) mass is 411 g/mol. The molecular formula is C19H17ClF3N3O2. The maximum Gasteiger partial charge on any atom is 0.573 e. The van der Waals surface area contributed by atoms with Crippen LogP contribution in [0.2, 0.25) is 0 Å². The maximum absolute atomic E-state index is 12.5. The Morgan fingerprint density at radius 3 is 2.39 bits per heavy atom. The molecule has 0 unspecified atom stereocenters. The molecule has 3 rings (SSSR count). The lowest BCUT2D eigenvalue weighted by Crippen LogP contribution is -2.17. The largest absolute Gasteiger partial charge is 0.573 e. The minimum atomic E-state index is -4.78. The Kier molecular flexibility index (Phi) is 5.79. The SMILES string of the molecule is CC(C)Oc1ccc(-n2nc(CCl)nc2-c2cccc(OC(F)(F)F)c2)cc1. The Balaban J connectivity index is 1.99. The molecule has 0 bridgehead atoms. The van der Waals surface area contributed by atoms with E-state index in [2.05, 4.69) is 14.8 Å². The third kappa shape index (κ3) is 4.95. The summed E-state index contributed by atoms with van der Waals surface area (Å²) in [6.45, 7) is 3.85. The first-order valence-electron chi connectivity index (χ1n) is 8.40. The first-order valence-corrected chi connectivity index (χ1v) is 8.94. The molecular weight excluding hydrogens is 395 g/mol. The first kappa shape index (κ1) is 20.0. The molecule has 9 heteroatoms. The lowest BCUT2D eigenvalue weighted by atomic mass is 10.2. The van der Waals surface area contributed by atoms with Gasteiger partial charge in [0.1, 0.15) is 11.5 Å². The molecule has 5 nitrogen and oxygen atoms in total. The molecule has 1 heterocycles. The number of nitrogens with zero attached hydrogens (tertiary/aromatic N) is 3. The van der Waals surface area contributed by atoms with Crippen molar-refractivity contribution in [3.63, 3.8) is 0 Å². The Morgan fingerprint density at radius 1 is 1.07 bits per heavy atom. The highest BCUT2D eigenvalue weighted by molar-refractivity contribution is 6.16. The fraction of sp³-hybridized carbons (Fsp3) is 0.263. The summed E-state index contributed by atoms with van der Waals surface area (Å²) in [6, 6.07) is 12.7. The van der Waals surface area contributed by atoms with Crippen LogP contribution < -0.4 is 9.47 Å². The Morgan fingerprint density at radius 2 is 1.79 bits per heavy atom. The summed E-state index contributed by atoms with van der Waals surface area (Å²) < 4.78 is 48.7. The number of hydrogen-bond donors (Lipinski definition) is 0. The summed E-state index contributed by atoms with van der Waals surface area (Å²) in [5.41, 5.74) is 1.07. The summed E-state index contributed by atoms with van der Waals surface area (Å²) in [7, 11) is 0. The van der Waals surface area contributed by atoms with Crippen LogP contribution in [0.25, 0.3) is 17.1 Å². The van der Waals surface area contributed by atoms with Gasteiger partial charge in [0.15, 0.2) is 11.6 Å². The minimum absolute atomic E-state index is 0.0343. The van der Waals surface area contributed by atoms with Gasteiger partial charge < -0.3 is 9.47 Å². The van der Waals surface area contributed by atoms with Gasteiger partial charge in [0.2, 0.25) is 0 Å². The second-order valence-corrected chi connectivity index (χ2v) is 6.40. The average molecular weight is 412 g/mol. The van der Waals surface area contributed by atoms with Crippen LogP contribution in [0.5, 0.6) is 11.5 Å². The highest BCUT2D eigenvalue weighted by Crippen LogP contribution is 2.29. The van der Waals surface area contributed by atoms with Crippen LogP contribution in [0.3, 0.4) is 0 Å². The molecule has 0 amide bonds. The number of aromatic nitrogens is 3. The van der Waals surface area contributed by atoms with Crippen molar-refractivity contribution in [1.29, 1.82) is 0 Å². The highest BCUT2D eigenvalue weighted by atomic mass is 35.5. The zero-order valence-corrected chi connectivity index (χ0v) is 15.8. The van der Waals surface area contributed by atoms with Gasteiger partial charge >= 0.3 is 6.36 Å². The van der Waals surface area contributed by atoms with Crippen molar-refractivity contribution in [3.8, 4) is 28.6 Å². The van der Waals surface area contributed by atoms with Crippen molar-refractivity contribution >= 4 is 11.6 Å². The topological polar surface area (TPSA) is 49.2 Å². The second kappa shape index (κ2) is 8.10. The van der Waals surface area contributed by atoms with E-state index >= 15 is 0 Å². The summed E-state index contributed by atoms with van der Waals surface area (Å²) in [6.07, 6.45) is -4.74. The summed E-state index contributed by atoms with van der Waals surface area (Å²) in [5.74, 6) is 1.11. The average Bonchev–Trinajstić information content (AvgIpc) is 3.05. The molecule has 28 heavy (non-hydrogen) atoms. The van der Waals surface area contributed by atoms with E-state index in [4.69, 9.17) is 16.3 Å². The van der Waals surface area contributed by atoms with Crippen molar-refractivity contribution in [2.45, 2.75) is 32.2 Å². The molecule has 2 aromatic carbocycles. The molecule has 0 spiro atoms. The fourth-order valence-corrected chi connectivity index (χ4v) is 2.66. The van der Waals surface area contributed by atoms with E-state index in [0.717, 1.165) is 0 Å². The molecule has 0 aliphatic rings. The van der Waals surface area contributed by atoms with Crippen LogP contribution in [0.15, 0.2) is 48.5 Å². The third-order valence-corrected chi connectivity index (χ3v) is 3.79. The summed E-state index contributed by atoms with van der Waals surface area (Å²) in [5, 5.41) is 4.34. The number of alkyl halides is 4. The normalized spacial score (nSPS) is 11.7. The number of rotatable bonds is 6. The van der Waals surface area contributed by atoms with Gasteiger partial charge in [0.05, 0.1) is 17.7 Å². The third-order valence-electron chi connectivity index (χ3n) is 3.55. The van der Waals surface area contributed by atoms with E-state index in [0.29, 0.717) is 28.6 Å². The lowest BCUT2D eigenvalue weighted by Gasteiger charge is -2.12. The fourth-order valence-electron chi connectivity index (χ4n) is 2.55. The van der Waals surface area contributed by atoms with Gasteiger partial charge in [0.25, 0.3) is 0 Å². The zero-order valence-electron chi connectivity index (χ0n) is 15.1. The molecule has 0 aliphatic heterocycles. The zero-order chi connectivity index (χ0) is 20.3. The van der Waals surface area contributed by atoms with E-state index in [1.54, 1.807) is 30.3 Å². The number of ether oxygens (including phenoxy) is 2. The van der Waals surface area contributed by atoms with Gasteiger partial charge in [-0.3, -0.25) is 0 Å². The summed E-state index contributed by atoms with van der Waals surface area (Å²) >= 11 is 5.86. The van der Waals surface area contributed by atoms with Crippen molar-refractivity contribution < 1.29 is 22.6 Å². The van der Waals surface area contributed by atoms with Gasteiger partial charge in [0, 0.05) is 5.56 Å². The lowest BCUT2D eigenvalue weighted by molar-refractivity contribution is -0.274. The molecule has 0 N–H and O–H groups in total. The predicted octanol–water partition coefficient (Wildman–Crippen LogP) is 5.36. The second-order valence-electron chi connectivity index (χ2n) is 6.13. The molecule has 3 aromatic rings. The van der Waals surface area contributed by atoms with Crippen LogP contribution in [-0.2, 0) is 5.88 Å². The van der Waals surface area contributed by atoms with E-state index in [-0.39, 0.29) is 17.7 Å².